The Morgan fingerprint density at radius 3 is 2.16 bits per heavy atom. The Morgan fingerprint density at radius 1 is 1.16 bits per heavy atom. The highest BCUT2D eigenvalue weighted by Gasteiger charge is 2.39. The molecule has 0 fully saturated rings. The Kier molecular flexibility index (Phi) is 7.13. The van der Waals surface area contributed by atoms with Crippen molar-refractivity contribution < 1.29 is 9.16 Å². The van der Waals surface area contributed by atoms with Gasteiger partial charge in [-0.05, 0) is 73.8 Å². The van der Waals surface area contributed by atoms with Crippen molar-refractivity contribution in [3.63, 3.8) is 0 Å². The van der Waals surface area contributed by atoms with Crippen LogP contribution in [0.25, 0.3) is 5.76 Å². The van der Waals surface area contributed by atoms with Crippen LogP contribution in [0.2, 0.25) is 18.1 Å². The Bertz CT molecular complexity index is 680. The summed E-state index contributed by atoms with van der Waals surface area (Å²) < 4.78 is 12.0. The summed E-state index contributed by atoms with van der Waals surface area (Å²) in [4.78, 5) is 0. The molecule has 0 saturated heterocycles. The van der Waals surface area contributed by atoms with E-state index in [9.17, 15) is 0 Å². The highest BCUT2D eigenvalue weighted by Crippen LogP contribution is 2.40. The average molecular weight is 357 g/mol. The van der Waals surface area contributed by atoms with Crippen LogP contribution in [0.3, 0.4) is 0 Å². The van der Waals surface area contributed by atoms with Crippen LogP contribution in [-0.2, 0) is 4.43 Å². The van der Waals surface area contributed by atoms with E-state index in [1.807, 2.05) is 19.1 Å². The van der Waals surface area contributed by atoms with Crippen molar-refractivity contribution in [3.8, 4) is 18.1 Å². The van der Waals surface area contributed by atoms with E-state index in [-0.39, 0.29) is 5.04 Å². The molecule has 0 unspecified atom stereocenters. The molecular weight excluding hydrogens is 324 g/mol. The molecular formula is C22H32O2Si. The van der Waals surface area contributed by atoms with Crippen LogP contribution in [0, 0.1) is 12.3 Å². The zero-order valence-electron chi connectivity index (χ0n) is 17.0. The summed E-state index contributed by atoms with van der Waals surface area (Å²) in [5.41, 5.74) is 3.21. The number of rotatable bonds is 6. The lowest BCUT2D eigenvalue weighted by Gasteiger charge is -2.38. The van der Waals surface area contributed by atoms with Crippen molar-refractivity contribution in [2.24, 2.45) is 0 Å². The molecule has 2 nitrogen and oxygen atoms in total. The fourth-order valence-electron chi connectivity index (χ4n) is 2.00. The zero-order valence-corrected chi connectivity index (χ0v) is 18.0. The molecule has 0 aliphatic carbocycles. The molecule has 25 heavy (non-hydrogen) atoms. The maximum absolute atomic E-state index is 6.69. The van der Waals surface area contributed by atoms with Crippen molar-refractivity contribution in [2.45, 2.75) is 59.2 Å². The zero-order chi connectivity index (χ0) is 19.3. The van der Waals surface area contributed by atoms with Crippen LogP contribution < -0.4 is 4.74 Å². The third-order valence-electron chi connectivity index (χ3n) is 4.85. The highest BCUT2D eigenvalue weighted by atomic mass is 28.4. The minimum atomic E-state index is -1.95. The van der Waals surface area contributed by atoms with E-state index in [1.54, 1.807) is 7.11 Å². The number of benzene rings is 1. The van der Waals surface area contributed by atoms with Crippen molar-refractivity contribution >= 4 is 14.1 Å². The molecule has 0 radical (unpaired) electrons. The van der Waals surface area contributed by atoms with Crippen LogP contribution >= 0.6 is 0 Å². The molecule has 0 aromatic heterocycles. The number of ether oxygens (including phenoxy) is 1. The molecule has 0 bridgehead atoms. The molecule has 3 heteroatoms. The Balaban J connectivity index is 3.33. The van der Waals surface area contributed by atoms with Gasteiger partial charge in [-0.15, -0.1) is 6.42 Å². The second-order valence-electron chi connectivity index (χ2n) is 7.94. The summed E-state index contributed by atoms with van der Waals surface area (Å²) in [6, 6.07) is 8.06. The monoisotopic (exact) mass is 356 g/mol. The molecule has 0 amide bonds. The fraction of sp³-hybridized carbons (Fsp3) is 0.455. The molecule has 0 saturated carbocycles. The van der Waals surface area contributed by atoms with Gasteiger partial charge in [-0.1, -0.05) is 32.8 Å². The fourth-order valence-corrected chi connectivity index (χ4v) is 3.11. The number of hydrogen-bond donors (Lipinski definition) is 0. The van der Waals surface area contributed by atoms with Gasteiger partial charge in [0.1, 0.15) is 11.5 Å². The largest absolute Gasteiger partial charge is 0.543 e. The molecule has 136 valence electrons. The summed E-state index contributed by atoms with van der Waals surface area (Å²) in [5.74, 6) is 4.49. The number of terminal acetylenes is 1. The lowest BCUT2D eigenvalue weighted by atomic mass is 10.1. The van der Waals surface area contributed by atoms with Crippen LogP contribution in [0.1, 0.15) is 46.6 Å². The minimum Gasteiger partial charge on any atom is -0.543 e. The van der Waals surface area contributed by atoms with Gasteiger partial charge in [0.05, 0.1) is 7.11 Å². The van der Waals surface area contributed by atoms with Gasteiger partial charge >= 0.3 is 0 Å². The van der Waals surface area contributed by atoms with Gasteiger partial charge in [-0.25, -0.2) is 0 Å². The topological polar surface area (TPSA) is 18.5 Å². The maximum atomic E-state index is 6.69. The molecule has 0 aliphatic heterocycles. The van der Waals surface area contributed by atoms with Crippen molar-refractivity contribution in [1.82, 2.24) is 0 Å². The van der Waals surface area contributed by atoms with Crippen molar-refractivity contribution in [1.29, 1.82) is 0 Å². The Morgan fingerprint density at radius 2 is 1.72 bits per heavy atom. The molecule has 0 heterocycles. The van der Waals surface area contributed by atoms with E-state index in [4.69, 9.17) is 15.6 Å². The standard InChI is InChI=1S/C22H32O2Si/c1-10-17(2)11-12-18(3)21(24-25(8,9)22(4,5)6)19-13-15-20(23-7)16-14-19/h1,11,13-16H,12H2,2-9H3/b17-11-,21-18-. The van der Waals surface area contributed by atoms with E-state index < -0.39 is 8.32 Å². The predicted octanol–water partition coefficient (Wildman–Crippen LogP) is 6.42. The first-order valence-electron chi connectivity index (χ1n) is 8.68. The van der Waals surface area contributed by atoms with Gasteiger partial charge in [0, 0.05) is 5.56 Å². The third-order valence-corrected chi connectivity index (χ3v) is 9.17. The molecule has 0 aliphatic rings. The number of allylic oxidation sites excluding steroid dienone is 3. The van der Waals surface area contributed by atoms with Gasteiger partial charge in [0.15, 0.2) is 0 Å². The number of methoxy groups -OCH3 is 1. The summed E-state index contributed by atoms with van der Waals surface area (Å²) in [6.07, 6.45) is 8.32. The van der Waals surface area contributed by atoms with E-state index in [1.165, 1.54) is 5.57 Å². The SMILES string of the molecule is C#C/C(C)=C\C/C(C)=C(\O[Si](C)(C)C(C)(C)C)c1ccc(OC)cc1. The minimum absolute atomic E-state index is 0.134. The van der Waals surface area contributed by atoms with Gasteiger partial charge in [-0.2, -0.15) is 0 Å². The Hall–Kier alpha value is -1.92. The number of hydrogen-bond acceptors (Lipinski definition) is 2. The molecule has 1 rings (SSSR count). The summed E-state index contributed by atoms with van der Waals surface area (Å²) in [6.45, 7) is 15.4. The molecule has 1 aromatic carbocycles. The molecule has 0 atom stereocenters. The second kappa shape index (κ2) is 8.45. The first-order valence-corrected chi connectivity index (χ1v) is 11.6. The normalized spacial score (nSPS) is 13.8. The van der Waals surface area contributed by atoms with E-state index >= 15 is 0 Å². The predicted molar refractivity (Wildman–Crippen MR) is 111 cm³/mol. The smallest absolute Gasteiger partial charge is 0.250 e. The summed E-state index contributed by atoms with van der Waals surface area (Å²) in [7, 11) is -0.273. The maximum Gasteiger partial charge on any atom is 0.250 e. The summed E-state index contributed by atoms with van der Waals surface area (Å²) in [5, 5.41) is 0.134. The highest BCUT2D eigenvalue weighted by molar-refractivity contribution is 6.74. The molecule has 1 aromatic rings. The average Bonchev–Trinajstić information content (AvgIpc) is 2.56. The lowest BCUT2D eigenvalue weighted by Crippen LogP contribution is -2.40. The van der Waals surface area contributed by atoms with E-state index in [0.29, 0.717) is 0 Å². The van der Waals surface area contributed by atoms with Crippen molar-refractivity contribution in [2.75, 3.05) is 7.11 Å². The lowest BCUT2D eigenvalue weighted by molar-refractivity contribution is 0.414. The van der Waals surface area contributed by atoms with Gasteiger partial charge < -0.3 is 9.16 Å². The Labute approximate surface area is 155 Å². The first-order chi connectivity index (χ1) is 11.5. The first kappa shape index (κ1) is 21.1. The molecule has 0 spiro atoms. The van der Waals surface area contributed by atoms with Crippen LogP contribution in [-0.4, -0.2) is 15.4 Å². The van der Waals surface area contributed by atoms with Crippen LogP contribution in [0.5, 0.6) is 5.75 Å². The van der Waals surface area contributed by atoms with Crippen molar-refractivity contribution in [3.05, 3.63) is 47.1 Å². The third kappa shape index (κ3) is 5.83. The van der Waals surface area contributed by atoms with E-state index in [2.05, 4.69) is 64.9 Å². The van der Waals surface area contributed by atoms with Gasteiger partial charge in [0.25, 0.3) is 8.32 Å². The summed E-state index contributed by atoms with van der Waals surface area (Å²) >= 11 is 0. The van der Waals surface area contributed by atoms with Gasteiger partial charge in [-0.3, -0.25) is 0 Å². The second-order valence-corrected chi connectivity index (χ2v) is 12.7. The quantitative estimate of drug-likeness (QED) is 0.333. The molecule has 0 N–H and O–H groups in total. The van der Waals surface area contributed by atoms with Crippen LogP contribution in [0.4, 0.5) is 0 Å². The van der Waals surface area contributed by atoms with Crippen LogP contribution in [0.15, 0.2) is 41.5 Å². The van der Waals surface area contributed by atoms with E-state index in [0.717, 1.165) is 29.1 Å². The van der Waals surface area contributed by atoms with Gasteiger partial charge in [0.2, 0.25) is 0 Å².